The van der Waals surface area contributed by atoms with Crippen molar-refractivity contribution in [3.05, 3.63) is 28.5 Å². The summed E-state index contributed by atoms with van der Waals surface area (Å²) in [6.45, 7) is 2.14. The lowest BCUT2D eigenvalue weighted by Gasteiger charge is -2.23. The van der Waals surface area contributed by atoms with Gasteiger partial charge in [0.1, 0.15) is 5.82 Å². The normalized spacial score (nSPS) is 20.5. The van der Waals surface area contributed by atoms with Gasteiger partial charge in [0.25, 0.3) is 0 Å². The van der Waals surface area contributed by atoms with Crippen LogP contribution in [0.4, 0.5) is 4.39 Å². The lowest BCUT2D eigenvalue weighted by molar-refractivity contribution is 0.375. The summed E-state index contributed by atoms with van der Waals surface area (Å²) in [7, 11) is 0. The summed E-state index contributed by atoms with van der Waals surface area (Å²) in [6, 6.07) is 3.54. The first-order valence-electron chi connectivity index (χ1n) is 5.93. The van der Waals surface area contributed by atoms with E-state index in [9.17, 15) is 4.39 Å². The first-order valence-corrected chi connectivity index (χ1v) is 7.53. The fourth-order valence-electron chi connectivity index (χ4n) is 2.36. The van der Waals surface area contributed by atoms with Gasteiger partial charge in [-0.2, -0.15) is 0 Å². The third kappa shape index (κ3) is 3.36. The molecule has 0 radical (unpaired) electrons. The molecule has 1 N–H and O–H groups in total. The van der Waals surface area contributed by atoms with Gasteiger partial charge in [0, 0.05) is 0 Å². The van der Waals surface area contributed by atoms with Crippen molar-refractivity contribution in [1.29, 1.82) is 0 Å². The van der Waals surface area contributed by atoms with Gasteiger partial charge in [-0.05, 0) is 62.2 Å². The van der Waals surface area contributed by atoms with Gasteiger partial charge in [0.2, 0.25) is 0 Å². The minimum absolute atomic E-state index is 0.191. The number of thioether (sulfide) groups is 1. The molecule has 0 spiro atoms. The number of halogens is 2. The van der Waals surface area contributed by atoms with Crippen LogP contribution in [-0.2, 0) is 6.42 Å². The maximum absolute atomic E-state index is 13.7. The molecule has 0 amide bonds. The zero-order valence-electron chi connectivity index (χ0n) is 9.93. The predicted octanol–water partition coefficient (Wildman–Crippen LogP) is 3.74. The fourth-order valence-corrected chi connectivity index (χ4v) is 3.33. The van der Waals surface area contributed by atoms with Crippen molar-refractivity contribution in [2.75, 3.05) is 19.3 Å². The quantitative estimate of drug-likeness (QED) is 0.842. The highest BCUT2D eigenvalue weighted by Crippen LogP contribution is 2.30. The van der Waals surface area contributed by atoms with Crippen molar-refractivity contribution in [1.82, 2.24) is 5.32 Å². The highest BCUT2D eigenvalue weighted by Gasteiger charge is 2.15. The average Bonchev–Trinajstić information content (AvgIpc) is 2.30. The Morgan fingerprint density at radius 1 is 1.53 bits per heavy atom. The molecule has 1 aromatic carbocycles. The van der Waals surface area contributed by atoms with Gasteiger partial charge in [0.15, 0.2) is 0 Å². The highest BCUT2D eigenvalue weighted by atomic mass is 35.5. The molecule has 17 heavy (non-hydrogen) atoms. The summed E-state index contributed by atoms with van der Waals surface area (Å²) < 4.78 is 13.7. The van der Waals surface area contributed by atoms with Gasteiger partial charge in [-0.1, -0.05) is 11.6 Å². The molecule has 2 rings (SSSR count). The minimum Gasteiger partial charge on any atom is -0.316 e. The molecule has 1 aromatic rings. The molecule has 0 bridgehead atoms. The Hall–Kier alpha value is -0.250. The van der Waals surface area contributed by atoms with Crippen LogP contribution >= 0.6 is 23.4 Å². The van der Waals surface area contributed by atoms with Gasteiger partial charge < -0.3 is 5.32 Å². The van der Waals surface area contributed by atoms with Gasteiger partial charge >= 0.3 is 0 Å². The van der Waals surface area contributed by atoms with Crippen LogP contribution in [0.25, 0.3) is 0 Å². The Morgan fingerprint density at radius 2 is 2.35 bits per heavy atom. The van der Waals surface area contributed by atoms with E-state index in [1.54, 1.807) is 6.07 Å². The van der Waals surface area contributed by atoms with Crippen LogP contribution in [0.3, 0.4) is 0 Å². The molecule has 4 heteroatoms. The molecule has 1 atom stereocenters. The minimum atomic E-state index is -0.191. The molecule has 1 unspecified atom stereocenters. The Morgan fingerprint density at radius 3 is 2.94 bits per heavy atom. The molecule has 1 nitrogen and oxygen atoms in total. The van der Waals surface area contributed by atoms with Crippen molar-refractivity contribution in [2.24, 2.45) is 5.92 Å². The molecule has 1 aliphatic rings. The van der Waals surface area contributed by atoms with E-state index in [4.69, 9.17) is 11.6 Å². The van der Waals surface area contributed by atoms with E-state index in [0.717, 1.165) is 25.1 Å². The maximum atomic E-state index is 13.7. The first kappa shape index (κ1) is 13.2. The lowest BCUT2D eigenvalue weighted by Crippen LogP contribution is -2.30. The van der Waals surface area contributed by atoms with Crippen LogP contribution in [0, 0.1) is 11.7 Å². The van der Waals surface area contributed by atoms with Crippen LogP contribution in [0.1, 0.15) is 18.4 Å². The lowest BCUT2D eigenvalue weighted by atomic mass is 9.92. The van der Waals surface area contributed by atoms with Crippen LogP contribution < -0.4 is 5.32 Å². The predicted molar refractivity (Wildman–Crippen MR) is 72.5 cm³/mol. The van der Waals surface area contributed by atoms with Crippen molar-refractivity contribution >= 4 is 23.4 Å². The van der Waals surface area contributed by atoms with E-state index in [0.29, 0.717) is 15.8 Å². The molecular formula is C13H17ClFNS. The Balaban J connectivity index is 2.10. The fraction of sp³-hybridized carbons (Fsp3) is 0.538. The van der Waals surface area contributed by atoms with Crippen molar-refractivity contribution in [2.45, 2.75) is 24.2 Å². The van der Waals surface area contributed by atoms with Gasteiger partial charge in [-0.3, -0.25) is 0 Å². The third-order valence-corrected chi connectivity index (χ3v) is 4.42. The van der Waals surface area contributed by atoms with E-state index in [1.165, 1.54) is 24.6 Å². The molecule has 0 saturated carbocycles. The topological polar surface area (TPSA) is 12.0 Å². The molecule has 1 heterocycles. The summed E-state index contributed by atoms with van der Waals surface area (Å²) in [5, 5.41) is 3.91. The van der Waals surface area contributed by atoms with Crippen LogP contribution in [0.2, 0.25) is 5.02 Å². The zero-order valence-corrected chi connectivity index (χ0v) is 11.5. The first-order chi connectivity index (χ1) is 8.20. The summed E-state index contributed by atoms with van der Waals surface area (Å²) in [5.74, 6) is 0.420. The van der Waals surface area contributed by atoms with Gasteiger partial charge in [-0.15, -0.1) is 11.8 Å². The van der Waals surface area contributed by atoms with E-state index < -0.39 is 0 Å². The molecule has 1 saturated heterocycles. The maximum Gasteiger partial charge on any atom is 0.138 e. The molecular weight excluding hydrogens is 257 g/mol. The smallest absolute Gasteiger partial charge is 0.138 e. The van der Waals surface area contributed by atoms with E-state index in [1.807, 2.05) is 12.3 Å². The standard InChI is InChI=1S/C13H17ClFNS/c1-17-13-11(14)6-10(7-12(13)15)5-9-3-2-4-16-8-9/h6-7,9,16H,2-5,8H2,1H3. The van der Waals surface area contributed by atoms with Crippen molar-refractivity contribution in [3.63, 3.8) is 0 Å². The number of piperidine rings is 1. The number of benzene rings is 1. The second kappa shape index (κ2) is 6.07. The van der Waals surface area contributed by atoms with Crippen LogP contribution in [0.5, 0.6) is 0 Å². The molecule has 0 aliphatic carbocycles. The molecule has 1 fully saturated rings. The Kier molecular flexibility index (Phi) is 4.71. The van der Waals surface area contributed by atoms with Crippen molar-refractivity contribution in [3.8, 4) is 0 Å². The molecule has 1 aliphatic heterocycles. The van der Waals surface area contributed by atoms with Crippen LogP contribution in [-0.4, -0.2) is 19.3 Å². The molecule has 94 valence electrons. The van der Waals surface area contributed by atoms with E-state index in [2.05, 4.69) is 5.32 Å². The van der Waals surface area contributed by atoms with E-state index in [-0.39, 0.29) is 5.82 Å². The number of nitrogens with one attached hydrogen (secondary N) is 1. The highest BCUT2D eigenvalue weighted by molar-refractivity contribution is 7.98. The number of hydrogen-bond acceptors (Lipinski definition) is 2. The summed E-state index contributed by atoms with van der Waals surface area (Å²) in [5.41, 5.74) is 1.01. The molecule has 0 aromatic heterocycles. The Bertz CT molecular complexity index is 368. The monoisotopic (exact) mass is 273 g/mol. The van der Waals surface area contributed by atoms with Gasteiger partial charge in [-0.25, -0.2) is 4.39 Å². The van der Waals surface area contributed by atoms with E-state index >= 15 is 0 Å². The second-order valence-corrected chi connectivity index (χ2v) is 5.73. The zero-order chi connectivity index (χ0) is 12.3. The van der Waals surface area contributed by atoms with Crippen LogP contribution in [0.15, 0.2) is 17.0 Å². The number of rotatable bonds is 3. The second-order valence-electron chi connectivity index (χ2n) is 4.51. The van der Waals surface area contributed by atoms with Crippen molar-refractivity contribution < 1.29 is 4.39 Å². The largest absolute Gasteiger partial charge is 0.316 e. The third-order valence-electron chi connectivity index (χ3n) is 3.19. The Labute approximate surface area is 111 Å². The summed E-state index contributed by atoms with van der Waals surface area (Å²) >= 11 is 7.43. The average molecular weight is 274 g/mol. The summed E-state index contributed by atoms with van der Waals surface area (Å²) in [4.78, 5) is 0.553. The SMILES string of the molecule is CSc1c(F)cc(CC2CCCNC2)cc1Cl. The van der Waals surface area contributed by atoms with Gasteiger partial charge in [0.05, 0.1) is 9.92 Å². The summed E-state index contributed by atoms with van der Waals surface area (Å²) in [6.07, 6.45) is 5.19. The number of hydrogen-bond donors (Lipinski definition) is 1.